The molecule has 0 spiro atoms. The summed E-state index contributed by atoms with van der Waals surface area (Å²) in [6.45, 7) is 4.21. The minimum atomic E-state index is -0.0591. The molecule has 0 amide bonds. The zero-order valence-electron chi connectivity index (χ0n) is 9.73. The Labute approximate surface area is 96.1 Å². The second-order valence-electron chi connectivity index (χ2n) is 4.32. The first-order valence-electron chi connectivity index (χ1n) is 5.51. The van der Waals surface area contributed by atoms with Gasteiger partial charge >= 0.3 is 0 Å². The lowest BCUT2D eigenvalue weighted by Crippen LogP contribution is -2.12. The van der Waals surface area contributed by atoms with Crippen molar-refractivity contribution < 1.29 is 4.42 Å². The van der Waals surface area contributed by atoms with E-state index in [-0.39, 0.29) is 6.04 Å². The highest BCUT2D eigenvalue weighted by molar-refractivity contribution is 5.29. The summed E-state index contributed by atoms with van der Waals surface area (Å²) in [5.74, 6) is 0.846. The number of hydrogen-bond acceptors (Lipinski definition) is 2. The topological polar surface area (TPSA) is 39.2 Å². The van der Waals surface area contributed by atoms with E-state index in [4.69, 9.17) is 10.2 Å². The van der Waals surface area contributed by atoms with Gasteiger partial charge in [-0.1, -0.05) is 29.3 Å². The first-order valence-corrected chi connectivity index (χ1v) is 5.51. The highest BCUT2D eigenvalue weighted by atomic mass is 16.3. The molecule has 1 aromatic heterocycles. The Morgan fingerprint density at radius 3 is 2.44 bits per heavy atom. The van der Waals surface area contributed by atoms with E-state index in [1.54, 1.807) is 6.26 Å². The molecule has 2 aromatic rings. The average Bonchev–Trinajstić information content (AvgIpc) is 2.68. The molecule has 0 radical (unpaired) electrons. The van der Waals surface area contributed by atoms with Gasteiger partial charge in [-0.25, -0.2) is 0 Å². The Morgan fingerprint density at radius 2 is 1.88 bits per heavy atom. The van der Waals surface area contributed by atoms with Crippen LogP contribution in [-0.2, 0) is 6.42 Å². The Balaban J connectivity index is 2.15. The van der Waals surface area contributed by atoms with Crippen molar-refractivity contribution in [3.63, 3.8) is 0 Å². The lowest BCUT2D eigenvalue weighted by atomic mass is 10.0. The van der Waals surface area contributed by atoms with E-state index in [0.29, 0.717) is 0 Å². The van der Waals surface area contributed by atoms with Crippen LogP contribution in [0, 0.1) is 13.8 Å². The maximum absolute atomic E-state index is 6.08. The average molecular weight is 215 g/mol. The van der Waals surface area contributed by atoms with E-state index < -0.39 is 0 Å². The normalized spacial score (nSPS) is 12.7. The van der Waals surface area contributed by atoms with Gasteiger partial charge in [-0.05, 0) is 38.0 Å². The zero-order valence-corrected chi connectivity index (χ0v) is 9.73. The van der Waals surface area contributed by atoms with E-state index in [2.05, 4.69) is 32.0 Å². The molecule has 0 saturated heterocycles. The number of furan rings is 1. The van der Waals surface area contributed by atoms with Crippen molar-refractivity contribution in [1.82, 2.24) is 0 Å². The van der Waals surface area contributed by atoms with Crippen LogP contribution in [-0.4, -0.2) is 0 Å². The molecule has 1 heterocycles. The monoisotopic (exact) mass is 215 g/mol. The van der Waals surface area contributed by atoms with E-state index in [0.717, 1.165) is 12.2 Å². The fraction of sp³-hybridized carbons (Fsp3) is 0.286. The predicted octanol–water partition coefficient (Wildman–Crippen LogP) is 3.14. The number of rotatable bonds is 3. The summed E-state index contributed by atoms with van der Waals surface area (Å²) in [5.41, 5.74) is 9.90. The number of aryl methyl sites for hydroxylation is 2. The summed E-state index contributed by atoms with van der Waals surface area (Å²) in [5, 5.41) is 0. The third-order valence-corrected chi connectivity index (χ3v) is 2.65. The van der Waals surface area contributed by atoms with Crippen LogP contribution in [0.25, 0.3) is 0 Å². The molecule has 2 heteroatoms. The Morgan fingerprint density at radius 1 is 1.19 bits per heavy atom. The van der Waals surface area contributed by atoms with Gasteiger partial charge in [0.2, 0.25) is 0 Å². The molecule has 0 saturated carbocycles. The fourth-order valence-electron chi connectivity index (χ4n) is 2.04. The number of nitrogens with two attached hydrogens (primary N) is 1. The van der Waals surface area contributed by atoms with Crippen LogP contribution in [0.3, 0.4) is 0 Å². The SMILES string of the molecule is Cc1cc(C)cc(CC(N)c2ccco2)c1. The summed E-state index contributed by atoms with van der Waals surface area (Å²) in [7, 11) is 0. The molecule has 0 aliphatic carbocycles. The smallest absolute Gasteiger partial charge is 0.120 e. The molecule has 0 fully saturated rings. The van der Waals surface area contributed by atoms with Gasteiger partial charge in [-0.2, -0.15) is 0 Å². The van der Waals surface area contributed by atoms with Crippen molar-refractivity contribution in [3.8, 4) is 0 Å². The maximum Gasteiger partial charge on any atom is 0.120 e. The quantitative estimate of drug-likeness (QED) is 0.854. The van der Waals surface area contributed by atoms with Gasteiger partial charge in [0, 0.05) is 0 Å². The molecule has 1 aromatic carbocycles. The van der Waals surface area contributed by atoms with Crippen LogP contribution in [0.1, 0.15) is 28.5 Å². The standard InChI is InChI=1S/C14H17NO/c1-10-6-11(2)8-12(7-10)9-13(15)14-4-3-5-16-14/h3-8,13H,9,15H2,1-2H3. The highest BCUT2D eigenvalue weighted by Crippen LogP contribution is 2.18. The molecule has 0 aliphatic heterocycles. The minimum Gasteiger partial charge on any atom is -0.468 e. The van der Waals surface area contributed by atoms with Crippen molar-refractivity contribution in [2.75, 3.05) is 0 Å². The van der Waals surface area contributed by atoms with Crippen molar-refractivity contribution >= 4 is 0 Å². The second-order valence-corrected chi connectivity index (χ2v) is 4.32. The molecule has 0 bridgehead atoms. The third kappa shape index (κ3) is 2.52. The van der Waals surface area contributed by atoms with Gasteiger partial charge in [-0.15, -0.1) is 0 Å². The molecule has 1 unspecified atom stereocenters. The zero-order chi connectivity index (χ0) is 11.5. The largest absolute Gasteiger partial charge is 0.468 e. The minimum absolute atomic E-state index is 0.0591. The lowest BCUT2D eigenvalue weighted by molar-refractivity contribution is 0.464. The fourth-order valence-corrected chi connectivity index (χ4v) is 2.04. The van der Waals surface area contributed by atoms with E-state index in [9.17, 15) is 0 Å². The van der Waals surface area contributed by atoms with Crippen molar-refractivity contribution in [2.45, 2.75) is 26.3 Å². The number of benzene rings is 1. The first kappa shape index (κ1) is 11.0. The van der Waals surface area contributed by atoms with Gasteiger partial charge in [0.25, 0.3) is 0 Å². The highest BCUT2D eigenvalue weighted by Gasteiger charge is 2.09. The molecule has 2 N–H and O–H groups in total. The second kappa shape index (κ2) is 4.54. The molecule has 16 heavy (non-hydrogen) atoms. The molecule has 2 nitrogen and oxygen atoms in total. The van der Waals surface area contributed by atoms with Crippen molar-refractivity contribution in [1.29, 1.82) is 0 Å². The molecule has 1 atom stereocenters. The van der Waals surface area contributed by atoms with Crippen LogP contribution >= 0.6 is 0 Å². The first-order chi connectivity index (χ1) is 7.65. The molecule has 84 valence electrons. The number of hydrogen-bond donors (Lipinski definition) is 1. The molecular weight excluding hydrogens is 198 g/mol. The van der Waals surface area contributed by atoms with E-state index in [1.165, 1.54) is 16.7 Å². The van der Waals surface area contributed by atoms with Crippen LogP contribution in [0.4, 0.5) is 0 Å². The predicted molar refractivity (Wildman–Crippen MR) is 65.3 cm³/mol. The molecular formula is C14H17NO. The third-order valence-electron chi connectivity index (χ3n) is 2.65. The van der Waals surface area contributed by atoms with E-state index in [1.807, 2.05) is 12.1 Å². The summed E-state index contributed by atoms with van der Waals surface area (Å²) < 4.78 is 5.30. The van der Waals surface area contributed by atoms with Crippen molar-refractivity contribution in [3.05, 3.63) is 59.0 Å². The van der Waals surface area contributed by atoms with Gasteiger partial charge < -0.3 is 10.2 Å². The summed E-state index contributed by atoms with van der Waals surface area (Å²) in [6.07, 6.45) is 2.48. The van der Waals surface area contributed by atoms with Crippen LogP contribution in [0.15, 0.2) is 41.0 Å². The Kier molecular flexibility index (Phi) is 3.11. The van der Waals surface area contributed by atoms with Gasteiger partial charge in [0.1, 0.15) is 5.76 Å². The van der Waals surface area contributed by atoms with Crippen LogP contribution < -0.4 is 5.73 Å². The van der Waals surface area contributed by atoms with E-state index >= 15 is 0 Å². The molecule has 0 aliphatic rings. The van der Waals surface area contributed by atoms with Gasteiger partial charge in [-0.3, -0.25) is 0 Å². The Hall–Kier alpha value is -1.54. The van der Waals surface area contributed by atoms with Gasteiger partial charge in [0.15, 0.2) is 0 Å². The van der Waals surface area contributed by atoms with Crippen LogP contribution in [0.5, 0.6) is 0 Å². The van der Waals surface area contributed by atoms with Gasteiger partial charge in [0.05, 0.1) is 12.3 Å². The summed E-state index contributed by atoms with van der Waals surface area (Å²) in [6, 6.07) is 10.3. The lowest BCUT2D eigenvalue weighted by Gasteiger charge is -2.10. The summed E-state index contributed by atoms with van der Waals surface area (Å²) >= 11 is 0. The molecule has 2 rings (SSSR count). The van der Waals surface area contributed by atoms with Crippen LogP contribution in [0.2, 0.25) is 0 Å². The summed E-state index contributed by atoms with van der Waals surface area (Å²) in [4.78, 5) is 0. The maximum atomic E-state index is 6.08. The van der Waals surface area contributed by atoms with Crippen molar-refractivity contribution in [2.24, 2.45) is 5.73 Å². The Bertz CT molecular complexity index is 439.